The first-order valence-electron chi connectivity index (χ1n) is 7.92. The number of ether oxygens (including phenoxy) is 1. The SMILES string of the molecule is Cc1noc([C@@H](NC(=O)CCc2cccs2)C2CCOCC2)n1. The topological polar surface area (TPSA) is 77.2 Å². The highest BCUT2D eigenvalue weighted by Crippen LogP contribution is 2.29. The van der Waals surface area contributed by atoms with E-state index in [-0.39, 0.29) is 17.9 Å². The normalized spacial score (nSPS) is 17.1. The van der Waals surface area contributed by atoms with Gasteiger partial charge in [-0.05, 0) is 43.6 Å². The van der Waals surface area contributed by atoms with Gasteiger partial charge in [0, 0.05) is 24.5 Å². The van der Waals surface area contributed by atoms with Gasteiger partial charge in [-0.15, -0.1) is 11.3 Å². The van der Waals surface area contributed by atoms with Crippen molar-refractivity contribution in [3.63, 3.8) is 0 Å². The molecule has 23 heavy (non-hydrogen) atoms. The van der Waals surface area contributed by atoms with E-state index in [9.17, 15) is 4.79 Å². The van der Waals surface area contributed by atoms with Gasteiger partial charge in [0.05, 0.1) is 0 Å². The summed E-state index contributed by atoms with van der Waals surface area (Å²) >= 11 is 1.67. The van der Waals surface area contributed by atoms with Crippen LogP contribution in [0.25, 0.3) is 0 Å². The molecule has 1 aliphatic heterocycles. The van der Waals surface area contributed by atoms with Crippen LogP contribution < -0.4 is 5.32 Å². The Morgan fingerprint density at radius 2 is 2.30 bits per heavy atom. The molecule has 0 bridgehead atoms. The Balaban J connectivity index is 1.64. The summed E-state index contributed by atoms with van der Waals surface area (Å²) < 4.78 is 10.7. The number of amides is 1. The number of hydrogen-bond donors (Lipinski definition) is 1. The Morgan fingerprint density at radius 1 is 1.48 bits per heavy atom. The quantitative estimate of drug-likeness (QED) is 0.878. The number of carbonyl (C=O) groups excluding carboxylic acids is 1. The zero-order chi connectivity index (χ0) is 16.1. The standard InChI is InChI=1S/C16H21N3O3S/c1-11-17-16(22-19-11)15(12-6-8-21-9-7-12)18-14(20)5-4-13-3-2-10-23-13/h2-3,10,12,15H,4-9H2,1H3,(H,18,20)/t15-/m0/s1. The van der Waals surface area contributed by atoms with Crippen LogP contribution in [0.2, 0.25) is 0 Å². The smallest absolute Gasteiger partial charge is 0.249 e. The van der Waals surface area contributed by atoms with Crippen molar-refractivity contribution in [2.24, 2.45) is 5.92 Å². The number of thiophene rings is 1. The highest BCUT2D eigenvalue weighted by Gasteiger charge is 2.31. The summed E-state index contributed by atoms with van der Waals surface area (Å²) in [6.07, 6.45) is 2.99. The Bertz CT molecular complexity index is 620. The van der Waals surface area contributed by atoms with Crippen molar-refractivity contribution >= 4 is 17.2 Å². The Labute approximate surface area is 139 Å². The van der Waals surface area contributed by atoms with Crippen LogP contribution in [-0.2, 0) is 16.0 Å². The maximum absolute atomic E-state index is 12.3. The van der Waals surface area contributed by atoms with Gasteiger partial charge in [-0.1, -0.05) is 11.2 Å². The third-order valence-corrected chi connectivity index (χ3v) is 4.98. The van der Waals surface area contributed by atoms with E-state index in [4.69, 9.17) is 9.26 Å². The molecular formula is C16H21N3O3S. The molecule has 1 amide bonds. The van der Waals surface area contributed by atoms with E-state index >= 15 is 0 Å². The van der Waals surface area contributed by atoms with Crippen LogP contribution in [0.1, 0.15) is 41.9 Å². The largest absolute Gasteiger partial charge is 0.381 e. The van der Waals surface area contributed by atoms with Gasteiger partial charge in [0.15, 0.2) is 5.82 Å². The zero-order valence-electron chi connectivity index (χ0n) is 13.2. The van der Waals surface area contributed by atoms with Crippen molar-refractivity contribution in [2.75, 3.05) is 13.2 Å². The van der Waals surface area contributed by atoms with Gasteiger partial charge in [0.2, 0.25) is 11.8 Å². The number of nitrogens with one attached hydrogen (secondary N) is 1. The summed E-state index contributed by atoms with van der Waals surface area (Å²) in [6, 6.07) is 3.83. The fraction of sp³-hybridized carbons (Fsp3) is 0.562. The van der Waals surface area contributed by atoms with Crippen molar-refractivity contribution in [3.8, 4) is 0 Å². The summed E-state index contributed by atoms with van der Waals surface area (Å²) in [5, 5.41) is 8.98. The van der Waals surface area contributed by atoms with E-state index in [2.05, 4.69) is 21.5 Å². The zero-order valence-corrected chi connectivity index (χ0v) is 14.0. The molecular weight excluding hydrogens is 314 g/mol. The van der Waals surface area contributed by atoms with Crippen LogP contribution in [0, 0.1) is 12.8 Å². The Morgan fingerprint density at radius 3 is 2.96 bits per heavy atom. The number of rotatable bonds is 6. The van der Waals surface area contributed by atoms with Crippen molar-refractivity contribution in [1.82, 2.24) is 15.5 Å². The summed E-state index contributed by atoms with van der Waals surface area (Å²) in [4.78, 5) is 17.9. The average molecular weight is 335 g/mol. The molecule has 1 fully saturated rings. The number of nitrogens with zero attached hydrogens (tertiary/aromatic N) is 2. The van der Waals surface area contributed by atoms with Crippen molar-refractivity contribution < 1.29 is 14.1 Å². The second-order valence-electron chi connectivity index (χ2n) is 5.75. The molecule has 124 valence electrons. The van der Waals surface area contributed by atoms with Gasteiger partial charge in [0.25, 0.3) is 0 Å². The minimum Gasteiger partial charge on any atom is -0.381 e. The van der Waals surface area contributed by atoms with Gasteiger partial charge in [-0.25, -0.2) is 0 Å². The lowest BCUT2D eigenvalue weighted by atomic mass is 9.91. The molecule has 1 atom stereocenters. The summed E-state index contributed by atoms with van der Waals surface area (Å²) in [5.74, 6) is 1.38. The molecule has 0 saturated carbocycles. The van der Waals surface area contributed by atoms with Gasteiger partial charge in [-0.3, -0.25) is 4.79 Å². The monoisotopic (exact) mass is 335 g/mol. The molecule has 3 heterocycles. The summed E-state index contributed by atoms with van der Waals surface area (Å²) in [5.41, 5.74) is 0. The fourth-order valence-corrected chi connectivity index (χ4v) is 3.52. The van der Waals surface area contributed by atoms with Gasteiger partial charge >= 0.3 is 0 Å². The number of aryl methyl sites for hydroxylation is 2. The molecule has 0 unspecified atom stereocenters. The molecule has 2 aromatic heterocycles. The maximum Gasteiger partial charge on any atom is 0.249 e. The lowest BCUT2D eigenvalue weighted by molar-refractivity contribution is -0.122. The van der Waals surface area contributed by atoms with Crippen LogP contribution in [-0.4, -0.2) is 29.3 Å². The summed E-state index contributed by atoms with van der Waals surface area (Å²) in [7, 11) is 0. The van der Waals surface area contributed by atoms with Gasteiger partial charge < -0.3 is 14.6 Å². The predicted molar refractivity (Wildman–Crippen MR) is 86.1 cm³/mol. The molecule has 6 nitrogen and oxygen atoms in total. The highest BCUT2D eigenvalue weighted by molar-refractivity contribution is 7.09. The lowest BCUT2D eigenvalue weighted by Crippen LogP contribution is -2.36. The minimum atomic E-state index is -0.226. The van der Waals surface area contributed by atoms with E-state index < -0.39 is 0 Å². The van der Waals surface area contributed by atoms with Crippen LogP contribution >= 0.6 is 11.3 Å². The second-order valence-corrected chi connectivity index (χ2v) is 6.79. The highest BCUT2D eigenvalue weighted by atomic mass is 32.1. The molecule has 3 rings (SSSR count). The van der Waals surface area contributed by atoms with Crippen LogP contribution in [0.4, 0.5) is 0 Å². The third-order valence-electron chi connectivity index (χ3n) is 4.04. The first-order chi connectivity index (χ1) is 11.2. The van der Waals surface area contributed by atoms with Crippen LogP contribution in [0.3, 0.4) is 0 Å². The maximum atomic E-state index is 12.3. The first-order valence-corrected chi connectivity index (χ1v) is 8.80. The Kier molecular flexibility index (Phi) is 5.40. The van der Waals surface area contributed by atoms with Gasteiger partial charge in [-0.2, -0.15) is 4.98 Å². The molecule has 1 aliphatic rings. The number of carbonyl (C=O) groups is 1. The number of hydrogen-bond acceptors (Lipinski definition) is 6. The molecule has 0 radical (unpaired) electrons. The van der Waals surface area contributed by atoms with E-state index in [0.29, 0.717) is 31.3 Å². The van der Waals surface area contributed by atoms with Crippen molar-refractivity contribution in [3.05, 3.63) is 34.1 Å². The third kappa shape index (κ3) is 4.39. The van der Waals surface area contributed by atoms with E-state index in [1.807, 2.05) is 11.4 Å². The minimum absolute atomic E-state index is 0.0192. The van der Waals surface area contributed by atoms with Crippen LogP contribution in [0.5, 0.6) is 0 Å². The van der Waals surface area contributed by atoms with E-state index in [1.165, 1.54) is 4.88 Å². The van der Waals surface area contributed by atoms with Crippen LogP contribution in [0.15, 0.2) is 22.0 Å². The number of aromatic nitrogens is 2. The molecule has 0 spiro atoms. The fourth-order valence-electron chi connectivity index (χ4n) is 2.81. The first kappa shape index (κ1) is 16.1. The van der Waals surface area contributed by atoms with Crippen molar-refractivity contribution in [1.29, 1.82) is 0 Å². The lowest BCUT2D eigenvalue weighted by Gasteiger charge is -2.28. The van der Waals surface area contributed by atoms with Gasteiger partial charge in [0.1, 0.15) is 6.04 Å². The van der Waals surface area contributed by atoms with E-state index in [1.54, 1.807) is 18.3 Å². The molecule has 1 N–H and O–H groups in total. The average Bonchev–Trinajstić information content (AvgIpc) is 3.23. The molecule has 0 aromatic carbocycles. The Hall–Kier alpha value is -1.73. The molecule has 2 aromatic rings. The molecule has 7 heteroatoms. The second kappa shape index (κ2) is 7.70. The molecule has 1 saturated heterocycles. The summed E-state index contributed by atoms with van der Waals surface area (Å²) in [6.45, 7) is 3.20. The predicted octanol–water partition coefficient (Wildman–Crippen LogP) is 2.66. The van der Waals surface area contributed by atoms with E-state index in [0.717, 1.165) is 19.3 Å². The molecule has 0 aliphatic carbocycles. The van der Waals surface area contributed by atoms with Crippen molar-refractivity contribution in [2.45, 2.75) is 38.6 Å².